The molecule has 2 nitrogen and oxygen atoms in total. The smallest absolute Gasteiger partial charge is 0.0690 e. The van der Waals surface area contributed by atoms with Crippen LogP contribution in [0.3, 0.4) is 0 Å². The van der Waals surface area contributed by atoms with E-state index in [1.807, 2.05) is 6.92 Å². The van der Waals surface area contributed by atoms with E-state index in [4.69, 9.17) is 5.26 Å². The summed E-state index contributed by atoms with van der Waals surface area (Å²) in [6.45, 7) is 7.89. The van der Waals surface area contributed by atoms with Crippen LogP contribution in [0.5, 0.6) is 0 Å². The van der Waals surface area contributed by atoms with Crippen molar-refractivity contribution in [1.82, 2.24) is 5.32 Å². The highest BCUT2D eigenvalue weighted by Gasteiger charge is 2.31. The third-order valence-electron chi connectivity index (χ3n) is 2.83. The molecule has 0 aromatic rings. The van der Waals surface area contributed by atoms with Crippen LogP contribution in [-0.2, 0) is 0 Å². The Balaban J connectivity index is 2.49. The van der Waals surface area contributed by atoms with Crippen LogP contribution in [0.4, 0.5) is 0 Å². The van der Waals surface area contributed by atoms with Crippen molar-refractivity contribution < 1.29 is 0 Å². The Morgan fingerprint density at radius 3 is 2.62 bits per heavy atom. The van der Waals surface area contributed by atoms with Crippen molar-refractivity contribution in [2.75, 3.05) is 13.1 Å². The van der Waals surface area contributed by atoms with Gasteiger partial charge in [0.15, 0.2) is 0 Å². The maximum Gasteiger partial charge on any atom is 0.0690 e. The molecule has 0 unspecified atom stereocenters. The first-order valence-electron chi connectivity index (χ1n) is 4.95. The van der Waals surface area contributed by atoms with Gasteiger partial charge in [-0.3, -0.25) is 0 Å². The van der Waals surface area contributed by atoms with Gasteiger partial charge < -0.3 is 5.32 Å². The molecule has 0 amide bonds. The second-order valence-electron chi connectivity index (χ2n) is 4.10. The number of hydrogen-bond donors (Lipinski definition) is 1. The standard InChI is InChI=1S/C11H18N2/c1-10(2)3-4-11(9-12)5-7-13-8-6-11/h13H,1,3-8H2,2H3. The van der Waals surface area contributed by atoms with Gasteiger partial charge in [0.2, 0.25) is 0 Å². The van der Waals surface area contributed by atoms with Crippen LogP contribution < -0.4 is 5.32 Å². The van der Waals surface area contributed by atoms with Crippen molar-refractivity contribution in [2.45, 2.75) is 32.6 Å². The molecule has 1 aliphatic heterocycles. The molecule has 1 fully saturated rings. The largest absolute Gasteiger partial charge is 0.317 e. The van der Waals surface area contributed by atoms with Crippen molar-refractivity contribution in [2.24, 2.45) is 5.41 Å². The van der Waals surface area contributed by atoms with Crippen molar-refractivity contribution >= 4 is 0 Å². The molecular weight excluding hydrogens is 160 g/mol. The fourth-order valence-corrected chi connectivity index (χ4v) is 1.78. The van der Waals surface area contributed by atoms with E-state index in [-0.39, 0.29) is 5.41 Å². The van der Waals surface area contributed by atoms with Gasteiger partial charge in [-0.25, -0.2) is 0 Å². The molecule has 1 heterocycles. The second kappa shape index (κ2) is 4.43. The summed E-state index contributed by atoms with van der Waals surface area (Å²) in [5.74, 6) is 0. The normalized spacial score (nSPS) is 20.6. The van der Waals surface area contributed by atoms with E-state index in [0.29, 0.717) is 0 Å². The first-order chi connectivity index (χ1) is 6.18. The molecule has 0 saturated carbocycles. The Kier molecular flexibility index (Phi) is 3.50. The van der Waals surface area contributed by atoms with Crippen LogP contribution in [0.1, 0.15) is 32.6 Å². The summed E-state index contributed by atoms with van der Waals surface area (Å²) in [5.41, 5.74) is 1.12. The maximum atomic E-state index is 9.15. The van der Waals surface area contributed by atoms with Crippen molar-refractivity contribution in [3.05, 3.63) is 12.2 Å². The Bertz CT molecular complexity index is 219. The van der Waals surface area contributed by atoms with E-state index < -0.39 is 0 Å². The number of rotatable bonds is 3. The zero-order valence-electron chi connectivity index (χ0n) is 8.40. The topological polar surface area (TPSA) is 35.8 Å². The molecule has 0 bridgehead atoms. The maximum absolute atomic E-state index is 9.15. The first kappa shape index (κ1) is 10.3. The van der Waals surface area contributed by atoms with Crippen LogP contribution in [0, 0.1) is 16.7 Å². The molecule has 1 rings (SSSR count). The number of allylic oxidation sites excluding steroid dienone is 1. The highest BCUT2D eigenvalue weighted by Crippen LogP contribution is 2.33. The van der Waals surface area contributed by atoms with E-state index in [2.05, 4.69) is 18.0 Å². The number of nitrogens with one attached hydrogen (secondary N) is 1. The summed E-state index contributed by atoms with van der Waals surface area (Å²) in [5, 5.41) is 12.4. The number of hydrogen-bond acceptors (Lipinski definition) is 2. The average molecular weight is 178 g/mol. The molecule has 1 N–H and O–H groups in total. The number of nitriles is 1. The lowest BCUT2D eigenvalue weighted by Crippen LogP contribution is -2.35. The fraction of sp³-hybridized carbons (Fsp3) is 0.727. The zero-order valence-corrected chi connectivity index (χ0v) is 8.40. The average Bonchev–Trinajstić information content (AvgIpc) is 2.16. The van der Waals surface area contributed by atoms with Crippen LogP contribution in [0.2, 0.25) is 0 Å². The lowest BCUT2D eigenvalue weighted by atomic mass is 9.76. The van der Waals surface area contributed by atoms with Crippen LogP contribution in [-0.4, -0.2) is 13.1 Å². The van der Waals surface area contributed by atoms with Crippen molar-refractivity contribution in [1.29, 1.82) is 5.26 Å². The predicted octanol–water partition coefficient (Wildman–Crippen LogP) is 2.24. The molecule has 0 atom stereocenters. The van der Waals surface area contributed by atoms with Gasteiger partial charge in [0.25, 0.3) is 0 Å². The van der Waals surface area contributed by atoms with Gasteiger partial charge in [-0.05, 0) is 45.7 Å². The van der Waals surface area contributed by atoms with Crippen LogP contribution in [0.25, 0.3) is 0 Å². The molecule has 1 saturated heterocycles. The van der Waals surface area contributed by atoms with E-state index in [1.165, 1.54) is 5.57 Å². The number of piperidine rings is 1. The van der Waals surface area contributed by atoms with Gasteiger partial charge >= 0.3 is 0 Å². The highest BCUT2D eigenvalue weighted by atomic mass is 14.9. The van der Waals surface area contributed by atoms with Crippen LogP contribution in [0.15, 0.2) is 12.2 Å². The first-order valence-corrected chi connectivity index (χ1v) is 4.95. The lowest BCUT2D eigenvalue weighted by Gasteiger charge is -2.31. The van der Waals surface area contributed by atoms with Gasteiger partial charge in [-0.1, -0.05) is 5.57 Å². The molecule has 0 aromatic carbocycles. The van der Waals surface area contributed by atoms with E-state index >= 15 is 0 Å². The Hall–Kier alpha value is -0.810. The summed E-state index contributed by atoms with van der Waals surface area (Å²) in [7, 11) is 0. The van der Waals surface area contributed by atoms with Crippen LogP contribution >= 0.6 is 0 Å². The molecule has 1 aliphatic rings. The minimum atomic E-state index is -0.0653. The fourth-order valence-electron chi connectivity index (χ4n) is 1.78. The lowest BCUT2D eigenvalue weighted by molar-refractivity contribution is 0.263. The van der Waals surface area contributed by atoms with Gasteiger partial charge in [0, 0.05) is 0 Å². The monoisotopic (exact) mass is 178 g/mol. The predicted molar refractivity (Wildman–Crippen MR) is 54.2 cm³/mol. The molecule has 0 aromatic heterocycles. The zero-order chi connectivity index (χ0) is 9.73. The quantitative estimate of drug-likeness (QED) is 0.673. The van der Waals surface area contributed by atoms with Gasteiger partial charge in [-0.15, -0.1) is 6.58 Å². The minimum absolute atomic E-state index is 0.0653. The Labute approximate surface area is 80.6 Å². The molecule has 13 heavy (non-hydrogen) atoms. The van der Waals surface area contributed by atoms with Gasteiger partial charge in [-0.2, -0.15) is 5.26 Å². The Morgan fingerprint density at radius 1 is 1.54 bits per heavy atom. The minimum Gasteiger partial charge on any atom is -0.317 e. The van der Waals surface area contributed by atoms with Gasteiger partial charge in [0.1, 0.15) is 0 Å². The number of nitrogens with zero attached hydrogens (tertiary/aromatic N) is 1. The highest BCUT2D eigenvalue weighted by molar-refractivity contribution is 5.04. The van der Waals surface area contributed by atoms with Gasteiger partial charge in [0.05, 0.1) is 11.5 Å². The third kappa shape index (κ3) is 2.86. The van der Waals surface area contributed by atoms with E-state index in [1.54, 1.807) is 0 Å². The molecule has 2 heteroatoms. The summed E-state index contributed by atoms with van der Waals surface area (Å²) >= 11 is 0. The molecule has 0 spiro atoms. The molecule has 0 aliphatic carbocycles. The SMILES string of the molecule is C=C(C)CCC1(C#N)CCNCC1. The summed E-state index contributed by atoms with van der Waals surface area (Å²) in [6, 6.07) is 2.49. The van der Waals surface area contributed by atoms with E-state index in [0.717, 1.165) is 38.8 Å². The Morgan fingerprint density at radius 2 is 2.15 bits per heavy atom. The molecule has 0 radical (unpaired) electrons. The molecule has 72 valence electrons. The van der Waals surface area contributed by atoms with Crippen molar-refractivity contribution in [3.8, 4) is 6.07 Å². The summed E-state index contributed by atoms with van der Waals surface area (Å²) in [6.07, 6.45) is 3.97. The van der Waals surface area contributed by atoms with E-state index in [9.17, 15) is 0 Å². The second-order valence-corrected chi connectivity index (χ2v) is 4.10. The summed E-state index contributed by atoms with van der Waals surface area (Å²) in [4.78, 5) is 0. The third-order valence-corrected chi connectivity index (χ3v) is 2.83. The molecular formula is C11H18N2. The summed E-state index contributed by atoms with van der Waals surface area (Å²) < 4.78 is 0. The van der Waals surface area contributed by atoms with Crippen molar-refractivity contribution in [3.63, 3.8) is 0 Å².